The van der Waals surface area contributed by atoms with Gasteiger partial charge in [-0.2, -0.15) is 0 Å². The molecule has 1 heterocycles. The van der Waals surface area contributed by atoms with E-state index in [-0.39, 0.29) is 23.9 Å². The maximum absolute atomic E-state index is 12.6. The lowest BCUT2D eigenvalue weighted by atomic mass is 9.85. The lowest BCUT2D eigenvalue weighted by molar-refractivity contribution is 0.0945. The molecule has 0 spiro atoms. The van der Waals surface area contributed by atoms with Crippen LogP contribution in [-0.2, 0) is 0 Å². The fraction of sp³-hybridized carbons (Fsp3) is 0.111. The molecule has 0 saturated carbocycles. The van der Waals surface area contributed by atoms with Crippen LogP contribution in [0.25, 0.3) is 0 Å². The molecule has 0 aromatic heterocycles. The highest BCUT2D eigenvalue weighted by Crippen LogP contribution is 2.41. The van der Waals surface area contributed by atoms with Crippen molar-refractivity contribution in [3.63, 3.8) is 0 Å². The van der Waals surface area contributed by atoms with E-state index in [1.807, 2.05) is 0 Å². The van der Waals surface area contributed by atoms with E-state index in [0.29, 0.717) is 28.2 Å². The smallest absolute Gasteiger partial charge is 0.231 e. The van der Waals surface area contributed by atoms with Crippen molar-refractivity contribution in [3.8, 4) is 11.5 Å². The second kappa shape index (κ2) is 5.07. The normalized spacial score (nSPS) is 16.8. The Hall–Kier alpha value is -2.92. The van der Waals surface area contributed by atoms with Gasteiger partial charge in [-0.15, -0.1) is 0 Å². The van der Waals surface area contributed by atoms with Gasteiger partial charge in [0.2, 0.25) is 6.79 Å². The van der Waals surface area contributed by atoms with Crippen LogP contribution in [0.5, 0.6) is 11.5 Å². The number of hydrogen-bond donors (Lipinski definition) is 1. The first kappa shape index (κ1) is 13.7. The number of aliphatic hydroxyl groups is 1. The molecule has 0 saturated heterocycles. The van der Waals surface area contributed by atoms with Crippen LogP contribution in [-0.4, -0.2) is 23.5 Å². The second-order valence-corrected chi connectivity index (χ2v) is 5.32. The van der Waals surface area contributed by atoms with Gasteiger partial charge in [-0.3, -0.25) is 9.59 Å². The highest BCUT2D eigenvalue weighted by atomic mass is 16.7. The number of carbonyl (C=O) groups excluding carboxylic acids is 2. The molecule has 0 unspecified atom stereocenters. The third-order valence-electron chi connectivity index (χ3n) is 4.00. The van der Waals surface area contributed by atoms with E-state index in [1.54, 1.807) is 42.5 Å². The lowest BCUT2D eigenvalue weighted by Gasteiger charge is -2.20. The molecular formula is C18H12O5. The van der Waals surface area contributed by atoms with Gasteiger partial charge in [0.15, 0.2) is 23.1 Å². The lowest BCUT2D eigenvalue weighted by Crippen LogP contribution is -2.21. The molecule has 0 bridgehead atoms. The van der Waals surface area contributed by atoms with Crippen molar-refractivity contribution >= 4 is 11.6 Å². The maximum Gasteiger partial charge on any atom is 0.231 e. The summed E-state index contributed by atoms with van der Waals surface area (Å²) in [6.07, 6.45) is -0.0543. The molecule has 5 nitrogen and oxygen atoms in total. The summed E-state index contributed by atoms with van der Waals surface area (Å²) in [5.41, 5.74) is 1.11. The largest absolute Gasteiger partial charge is 0.454 e. The Morgan fingerprint density at radius 1 is 0.957 bits per heavy atom. The SMILES string of the molecule is O=C1C=C([C@@H](O)c2cccc3c2OCO3)C(=O)c2ccccc21. The molecule has 2 aliphatic rings. The van der Waals surface area contributed by atoms with Gasteiger partial charge in [0.25, 0.3) is 0 Å². The van der Waals surface area contributed by atoms with Crippen molar-refractivity contribution in [1.29, 1.82) is 0 Å². The number of hydrogen-bond acceptors (Lipinski definition) is 5. The monoisotopic (exact) mass is 308 g/mol. The Balaban J connectivity index is 1.79. The fourth-order valence-corrected chi connectivity index (χ4v) is 2.87. The highest BCUT2D eigenvalue weighted by Gasteiger charge is 2.32. The molecule has 0 amide bonds. The van der Waals surface area contributed by atoms with Gasteiger partial charge in [-0.25, -0.2) is 0 Å². The van der Waals surface area contributed by atoms with Crippen molar-refractivity contribution in [3.05, 3.63) is 70.8 Å². The van der Waals surface area contributed by atoms with Gasteiger partial charge < -0.3 is 14.6 Å². The highest BCUT2D eigenvalue weighted by molar-refractivity contribution is 6.24. The van der Waals surface area contributed by atoms with Crippen LogP contribution in [0.3, 0.4) is 0 Å². The molecule has 1 aliphatic carbocycles. The number of ketones is 2. The summed E-state index contributed by atoms with van der Waals surface area (Å²) >= 11 is 0. The fourth-order valence-electron chi connectivity index (χ4n) is 2.87. The van der Waals surface area contributed by atoms with Crippen LogP contribution in [0.4, 0.5) is 0 Å². The van der Waals surface area contributed by atoms with Gasteiger partial charge in [-0.05, 0) is 12.1 Å². The number of fused-ring (bicyclic) bond motifs is 2. The van der Waals surface area contributed by atoms with Crippen molar-refractivity contribution in [2.24, 2.45) is 0 Å². The molecule has 1 aliphatic heterocycles. The van der Waals surface area contributed by atoms with Crippen molar-refractivity contribution in [2.45, 2.75) is 6.10 Å². The first-order chi connectivity index (χ1) is 11.2. The molecule has 5 heteroatoms. The minimum Gasteiger partial charge on any atom is -0.454 e. The summed E-state index contributed by atoms with van der Waals surface area (Å²) in [6, 6.07) is 11.7. The maximum atomic E-state index is 12.6. The van der Waals surface area contributed by atoms with Gasteiger partial charge in [0, 0.05) is 22.3 Å². The molecule has 1 atom stereocenters. The number of ether oxygens (including phenoxy) is 2. The Kier molecular flexibility index (Phi) is 3.02. The predicted octanol–water partition coefficient (Wildman–Crippen LogP) is 2.45. The van der Waals surface area contributed by atoms with Crippen LogP contribution in [0.1, 0.15) is 32.4 Å². The van der Waals surface area contributed by atoms with Gasteiger partial charge >= 0.3 is 0 Å². The van der Waals surface area contributed by atoms with E-state index >= 15 is 0 Å². The van der Waals surface area contributed by atoms with E-state index in [0.717, 1.165) is 0 Å². The topological polar surface area (TPSA) is 72.8 Å². The Labute approximate surface area is 131 Å². The zero-order valence-electron chi connectivity index (χ0n) is 12.0. The van der Waals surface area contributed by atoms with Crippen LogP contribution in [0.15, 0.2) is 54.1 Å². The summed E-state index contributed by atoms with van der Waals surface area (Å²) < 4.78 is 10.6. The molecule has 4 rings (SSSR count). The zero-order chi connectivity index (χ0) is 16.0. The third kappa shape index (κ3) is 2.05. The van der Waals surface area contributed by atoms with Crippen molar-refractivity contribution < 1.29 is 24.2 Å². The molecule has 0 fully saturated rings. The molecule has 114 valence electrons. The quantitative estimate of drug-likeness (QED) is 0.922. The standard InChI is InChI=1S/C18H12O5/c19-14-8-13(16(20)11-5-2-1-4-10(11)14)17(21)12-6-3-7-15-18(12)23-9-22-15/h1-8,17,21H,9H2/t17-/m0/s1. The number of allylic oxidation sites excluding steroid dienone is 1. The number of Topliss-reactive ketones (excluding diaryl/α,β-unsaturated/α-hetero) is 1. The minimum atomic E-state index is -1.25. The average Bonchev–Trinajstić information content (AvgIpc) is 3.06. The van der Waals surface area contributed by atoms with Gasteiger partial charge in [-0.1, -0.05) is 36.4 Å². The Morgan fingerprint density at radius 2 is 1.74 bits per heavy atom. The molecule has 1 N–H and O–H groups in total. The second-order valence-electron chi connectivity index (χ2n) is 5.32. The van der Waals surface area contributed by atoms with Gasteiger partial charge in [0.1, 0.15) is 6.10 Å². The number of para-hydroxylation sites is 1. The molecule has 0 radical (unpaired) electrons. The van der Waals surface area contributed by atoms with E-state index in [9.17, 15) is 14.7 Å². The van der Waals surface area contributed by atoms with Crippen molar-refractivity contribution in [2.75, 3.05) is 6.79 Å². The van der Waals surface area contributed by atoms with E-state index < -0.39 is 6.10 Å². The average molecular weight is 308 g/mol. The number of aliphatic hydroxyl groups excluding tert-OH is 1. The minimum absolute atomic E-state index is 0.0394. The van der Waals surface area contributed by atoms with E-state index in [2.05, 4.69) is 0 Å². The molecular weight excluding hydrogens is 296 g/mol. The molecule has 2 aromatic carbocycles. The van der Waals surface area contributed by atoms with Crippen molar-refractivity contribution in [1.82, 2.24) is 0 Å². The molecule has 2 aromatic rings. The van der Waals surface area contributed by atoms with E-state index in [4.69, 9.17) is 9.47 Å². The summed E-state index contributed by atoms with van der Waals surface area (Å²) in [6.45, 7) is 0.0633. The Bertz CT molecular complexity index is 865. The summed E-state index contributed by atoms with van der Waals surface area (Å²) in [5, 5.41) is 10.6. The van der Waals surface area contributed by atoms with E-state index in [1.165, 1.54) is 6.08 Å². The first-order valence-electron chi connectivity index (χ1n) is 7.13. The Morgan fingerprint density at radius 3 is 2.57 bits per heavy atom. The number of rotatable bonds is 2. The predicted molar refractivity (Wildman–Crippen MR) is 80.7 cm³/mol. The van der Waals surface area contributed by atoms with Gasteiger partial charge in [0.05, 0.1) is 0 Å². The van der Waals surface area contributed by atoms with Crippen LogP contribution < -0.4 is 9.47 Å². The first-order valence-corrected chi connectivity index (χ1v) is 7.13. The summed E-state index contributed by atoms with van der Waals surface area (Å²) in [4.78, 5) is 24.8. The summed E-state index contributed by atoms with van der Waals surface area (Å²) in [7, 11) is 0. The number of benzene rings is 2. The van der Waals surface area contributed by atoms with Crippen LogP contribution >= 0.6 is 0 Å². The van der Waals surface area contributed by atoms with Crippen LogP contribution in [0, 0.1) is 0 Å². The third-order valence-corrected chi connectivity index (χ3v) is 4.00. The number of carbonyl (C=O) groups is 2. The zero-order valence-corrected chi connectivity index (χ0v) is 12.0. The van der Waals surface area contributed by atoms with Crippen LogP contribution in [0.2, 0.25) is 0 Å². The molecule has 23 heavy (non-hydrogen) atoms. The summed E-state index contributed by atoms with van der Waals surface area (Å²) in [5.74, 6) is 0.264.